The van der Waals surface area contributed by atoms with E-state index in [2.05, 4.69) is 4.98 Å². The first kappa shape index (κ1) is 16.3. The number of nitrogens with zero attached hydrogens (tertiary/aromatic N) is 1. The Hall–Kier alpha value is -2.57. The van der Waals surface area contributed by atoms with Crippen LogP contribution in [0.2, 0.25) is 0 Å². The number of halogens is 3. The van der Waals surface area contributed by atoms with Crippen molar-refractivity contribution in [3.8, 4) is 17.0 Å². The Morgan fingerprint density at radius 2 is 2.08 bits per heavy atom. The Labute approximate surface area is 136 Å². The zero-order valence-electron chi connectivity index (χ0n) is 12.9. The summed E-state index contributed by atoms with van der Waals surface area (Å²) in [6.07, 6.45) is -1.13. The molecule has 0 saturated heterocycles. The lowest BCUT2D eigenvalue weighted by atomic mass is 9.93. The minimum Gasteiger partial charge on any atom is -0.471 e. The lowest BCUT2D eigenvalue weighted by Gasteiger charge is -2.28. The Balaban J connectivity index is 2.17. The van der Waals surface area contributed by atoms with Gasteiger partial charge in [-0.05, 0) is 43.5 Å². The van der Waals surface area contributed by atoms with Gasteiger partial charge in [0, 0.05) is 17.2 Å². The molecule has 1 amide bonds. The van der Waals surface area contributed by atoms with Crippen LogP contribution in [-0.4, -0.2) is 23.2 Å². The number of primary amides is 1. The van der Waals surface area contributed by atoms with Crippen LogP contribution in [0.3, 0.4) is 0 Å². The predicted octanol–water partition coefficient (Wildman–Crippen LogP) is 3.18. The number of nitrogens with two attached hydrogens (primary N) is 1. The quantitative estimate of drug-likeness (QED) is 0.936. The van der Waals surface area contributed by atoms with E-state index in [-0.39, 0.29) is 17.1 Å². The molecule has 0 fully saturated rings. The normalized spacial score (nSPS) is 17.8. The predicted molar refractivity (Wildman–Crippen MR) is 81.4 cm³/mol. The van der Waals surface area contributed by atoms with Crippen LogP contribution in [0.25, 0.3) is 11.1 Å². The zero-order chi connectivity index (χ0) is 17.4. The van der Waals surface area contributed by atoms with Crippen molar-refractivity contribution in [3.63, 3.8) is 0 Å². The molecule has 2 N–H and O–H groups in total. The molecule has 0 radical (unpaired) electrons. The van der Waals surface area contributed by atoms with Crippen LogP contribution in [0.5, 0.6) is 5.88 Å². The molecule has 3 rings (SSSR count). The summed E-state index contributed by atoms with van der Waals surface area (Å²) in [5.41, 5.74) is 6.13. The number of carbonyl (C=O) groups is 1. The van der Waals surface area contributed by atoms with Gasteiger partial charge in [0.2, 0.25) is 5.88 Å². The molecular weight excluding hydrogens is 321 g/mol. The highest BCUT2D eigenvalue weighted by Crippen LogP contribution is 2.37. The Kier molecular flexibility index (Phi) is 4.17. The van der Waals surface area contributed by atoms with Crippen molar-refractivity contribution in [1.82, 2.24) is 4.98 Å². The number of ether oxygens (including phenoxy) is 1. The lowest BCUT2D eigenvalue weighted by Crippen LogP contribution is -2.31. The second-order valence-electron chi connectivity index (χ2n) is 5.70. The fraction of sp³-hybridized carbons (Fsp3) is 0.294. The monoisotopic (exact) mass is 336 g/mol. The highest BCUT2D eigenvalue weighted by Gasteiger charge is 2.29. The van der Waals surface area contributed by atoms with Crippen LogP contribution in [-0.2, 0) is 6.42 Å². The second kappa shape index (κ2) is 6.14. The number of pyridine rings is 1. The Bertz CT molecular complexity index is 809. The summed E-state index contributed by atoms with van der Waals surface area (Å²) in [6, 6.07) is 4.49. The topological polar surface area (TPSA) is 65.2 Å². The van der Waals surface area contributed by atoms with E-state index in [1.54, 1.807) is 0 Å². The van der Waals surface area contributed by atoms with Gasteiger partial charge in [0.1, 0.15) is 29.6 Å². The fourth-order valence-electron chi connectivity index (χ4n) is 2.77. The number of hydrogen-bond donors (Lipinski definition) is 1. The van der Waals surface area contributed by atoms with E-state index in [0.717, 1.165) is 12.1 Å². The minimum absolute atomic E-state index is 0.0609. The summed E-state index contributed by atoms with van der Waals surface area (Å²) in [4.78, 5) is 15.5. The van der Waals surface area contributed by atoms with Gasteiger partial charge in [-0.1, -0.05) is 0 Å². The zero-order valence-corrected chi connectivity index (χ0v) is 12.9. The van der Waals surface area contributed by atoms with E-state index in [4.69, 9.17) is 10.5 Å². The van der Waals surface area contributed by atoms with Gasteiger partial charge >= 0.3 is 0 Å². The van der Waals surface area contributed by atoms with Gasteiger partial charge in [0.25, 0.3) is 5.91 Å². The smallest absolute Gasteiger partial charge is 0.267 e. The molecule has 1 unspecified atom stereocenters. The van der Waals surface area contributed by atoms with Crippen LogP contribution in [0.1, 0.15) is 29.4 Å². The van der Waals surface area contributed by atoms with E-state index < -0.39 is 29.8 Å². The number of alkyl halides is 1. The van der Waals surface area contributed by atoms with Crippen molar-refractivity contribution in [2.75, 3.05) is 0 Å². The van der Waals surface area contributed by atoms with Crippen molar-refractivity contribution in [2.45, 2.75) is 32.0 Å². The van der Waals surface area contributed by atoms with Crippen molar-refractivity contribution >= 4 is 5.91 Å². The second-order valence-corrected chi connectivity index (χ2v) is 5.70. The molecule has 2 heterocycles. The van der Waals surface area contributed by atoms with E-state index >= 15 is 0 Å². The summed E-state index contributed by atoms with van der Waals surface area (Å²) in [5, 5.41) is 0. The maximum Gasteiger partial charge on any atom is 0.267 e. The van der Waals surface area contributed by atoms with E-state index in [1.807, 2.05) is 0 Å². The number of hydrogen-bond acceptors (Lipinski definition) is 3. The molecular formula is C17H15F3N2O2. The summed E-state index contributed by atoms with van der Waals surface area (Å²) >= 11 is 0. The largest absolute Gasteiger partial charge is 0.471 e. The van der Waals surface area contributed by atoms with Crippen LogP contribution >= 0.6 is 0 Å². The van der Waals surface area contributed by atoms with Crippen LogP contribution < -0.4 is 10.5 Å². The summed E-state index contributed by atoms with van der Waals surface area (Å²) in [6.45, 7) is 1.37. The van der Waals surface area contributed by atoms with Gasteiger partial charge in [-0.25, -0.2) is 18.2 Å². The molecule has 1 aliphatic heterocycles. The molecule has 0 bridgehead atoms. The van der Waals surface area contributed by atoms with E-state index in [0.29, 0.717) is 24.0 Å². The average Bonchev–Trinajstić information content (AvgIpc) is 2.53. The van der Waals surface area contributed by atoms with Crippen molar-refractivity contribution in [1.29, 1.82) is 0 Å². The van der Waals surface area contributed by atoms with Gasteiger partial charge in [-0.15, -0.1) is 0 Å². The molecule has 0 aliphatic carbocycles. The molecule has 126 valence electrons. The first-order valence-electron chi connectivity index (χ1n) is 7.46. The van der Waals surface area contributed by atoms with Gasteiger partial charge in [-0.3, -0.25) is 4.79 Å². The molecule has 1 aliphatic rings. The lowest BCUT2D eigenvalue weighted by molar-refractivity contribution is 0.0851. The maximum atomic E-state index is 14.2. The van der Waals surface area contributed by atoms with Crippen LogP contribution in [0.4, 0.5) is 13.2 Å². The number of benzene rings is 1. The summed E-state index contributed by atoms with van der Waals surface area (Å²) in [5.74, 6) is -2.25. The average molecular weight is 336 g/mol. The van der Waals surface area contributed by atoms with Crippen LogP contribution in [0.15, 0.2) is 24.3 Å². The van der Waals surface area contributed by atoms with Gasteiger partial charge in [0.15, 0.2) is 0 Å². The van der Waals surface area contributed by atoms with Gasteiger partial charge in [0.05, 0.1) is 0 Å². The number of rotatable bonds is 3. The van der Waals surface area contributed by atoms with Crippen molar-refractivity contribution in [3.05, 3.63) is 47.2 Å². The Morgan fingerprint density at radius 3 is 2.71 bits per heavy atom. The highest BCUT2D eigenvalue weighted by molar-refractivity contribution is 5.93. The van der Waals surface area contributed by atoms with Crippen molar-refractivity contribution < 1.29 is 22.7 Å². The molecule has 0 spiro atoms. The first-order chi connectivity index (χ1) is 11.4. The SMILES string of the molecule is CC(F)[C@@H]1CCc2c(-c3ccc(F)cc3F)cc(C(N)=O)nc2O1. The van der Waals surface area contributed by atoms with Gasteiger partial charge < -0.3 is 10.5 Å². The summed E-state index contributed by atoms with van der Waals surface area (Å²) < 4.78 is 46.4. The van der Waals surface area contributed by atoms with Crippen LogP contribution in [0, 0.1) is 11.6 Å². The molecule has 2 atom stereocenters. The molecule has 4 nitrogen and oxygen atoms in total. The third kappa shape index (κ3) is 2.93. The van der Waals surface area contributed by atoms with E-state index in [9.17, 15) is 18.0 Å². The van der Waals surface area contributed by atoms with Crippen molar-refractivity contribution in [2.24, 2.45) is 5.73 Å². The highest BCUT2D eigenvalue weighted by atomic mass is 19.1. The molecule has 1 aromatic heterocycles. The third-order valence-electron chi connectivity index (χ3n) is 4.01. The molecule has 24 heavy (non-hydrogen) atoms. The molecule has 7 heteroatoms. The Morgan fingerprint density at radius 1 is 1.33 bits per heavy atom. The maximum absolute atomic E-state index is 14.2. The summed E-state index contributed by atoms with van der Waals surface area (Å²) in [7, 11) is 0. The fourth-order valence-corrected chi connectivity index (χ4v) is 2.77. The first-order valence-corrected chi connectivity index (χ1v) is 7.46. The van der Waals surface area contributed by atoms with Gasteiger partial charge in [-0.2, -0.15) is 0 Å². The number of carbonyl (C=O) groups excluding carboxylic acids is 1. The molecule has 2 aromatic rings. The van der Waals surface area contributed by atoms with E-state index in [1.165, 1.54) is 19.1 Å². The number of fused-ring (bicyclic) bond motifs is 1. The third-order valence-corrected chi connectivity index (χ3v) is 4.01. The molecule has 0 saturated carbocycles. The minimum atomic E-state index is -1.22. The number of aromatic nitrogens is 1. The number of amides is 1. The standard InChI is InChI=1S/C17H15F3N2O2/c1-8(18)15-5-4-11-12(10-3-2-9(19)6-13(10)20)7-14(16(21)23)22-17(11)24-15/h2-3,6-8,15H,4-5H2,1H3,(H2,21,23)/t8?,15-/m0/s1. The molecule has 1 aromatic carbocycles.